The first kappa shape index (κ1) is 15.7. The summed E-state index contributed by atoms with van der Waals surface area (Å²) in [5, 5.41) is 9.46. The zero-order chi connectivity index (χ0) is 16.6. The minimum atomic E-state index is -1.06. The second-order valence-electron chi connectivity index (χ2n) is 4.80. The molecule has 2 N–H and O–H groups in total. The van der Waals surface area contributed by atoms with Crippen LogP contribution in [0, 0.1) is 12.7 Å². The van der Waals surface area contributed by atoms with Gasteiger partial charge in [-0.05, 0) is 36.8 Å². The number of halogens is 1. The summed E-state index contributed by atoms with van der Waals surface area (Å²) in [6, 6.07) is 6.02. The highest BCUT2D eigenvalue weighted by Crippen LogP contribution is 2.28. The lowest BCUT2D eigenvalue weighted by atomic mass is 10.2. The number of carboxylic acid groups (broad SMARTS) is 1. The number of aromatic amines is 1. The molecule has 0 amide bonds. The molecule has 0 radical (unpaired) electrons. The number of aryl methyl sites for hydroxylation is 1. The predicted octanol–water partition coefficient (Wildman–Crippen LogP) is 3.42. The summed E-state index contributed by atoms with van der Waals surface area (Å²) in [5.74, 6) is -0.518. The smallest absolute Gasteiger partial charge is 0.346 e. The third-order valence-electron chi connectivity index (χ3n) is 3.23. The van der Waals surface area contributed by atoms with Crippen LogP contribution in [0.1, 0.15) is 21.1 Å². The van der Waals surface area contributed by atoms with E-state index in [4.69, 9.17) is 5.11 Å². The molecule has 0 aliphatic carbocycles. The Morgan fingerprint density at radius 1 is 1.39 bits per heavy atom. The lowest BCUT2D eigenvalue weighted by Crippen LogP contribution is -2.11. The van der Waals surface area contributed by atoms with Crippen molar-refractivity contribution in [3.63, 3.8) is 0 Å². The van der Waals surface area contributed by atoms with Crippen LogP contribution in [-0.4, -0.2) is 21.0 Å². The number of thiophene rings is 1. The summed E-state index contributed by atoms with van der Waals surface area (Å²) in [4.78, 5) is 31.7. The number of aromatic carboxylic acids is 1. The van der Waals surface area contributed by atoms with Gasteiger partial charge in [0.05, 0.1) is 11.1 Å². The van der Waals surface area contributed by atoms with E-state index in [2.05, 4.69) is 9.97 Å². The van der Waals surface area contributed by atoms with E-state index in [-0.39, 0.29) is 16.3 Å². The molecule has 2 aromatic heterocycles. The van der Waals surface area contributed by atoms with Crippen LogP contribution in [0.3, 0.4) is 0 Å². The number of aromatic nitrogens is 2. The first-order chi connectivity index (χ1) is 11.0. The molecule has 0 spiro atoms. The molecule has 0 aliphatic rings. The molecule has 23 heavy (non-hydrogen) atoms. The number of hydrogen-bond acceptors (Lipinski definition) is 5. The van der Waals surface area contributed by atoms with Crippen molar-refractivity contribution in [2.75, 3.05) is 0 Å². The number of rotatable bonds is 4. The van der Waals surface area contributed by atoms with Crippen molar-refractivity contribution in [3.8, 4) is 0 Å². The second kappa shape index (κ2) is 6.13. The van der Waals surface area contributed by atoms with E-state index in [9.17, 15) is 14.0 Å². The summed E-state index contributed by atoms with van der Waals surface area (Å²) in [5.41, 5.74) is 0.0925. The first-order valence-electron chi connectivity index (χ1n) is 6.59. The topological polar surface area (TPSA) is 83.0 Å². The molecule has 0 aliphatic heterocycles. The van der Waals surface area contributed by atoms with Crippen LogP contribution in [-0.2, 0) is 5.75 Å². The molecule has 0 unspecified atom stereocenters. The van der Waals surface area contributed by atoms with Crippen molar-refractivity contribution in [3.05, 3.63) is 56.7 Å². The van der Waals surface area contributed by atoms with E-state index in [0.29, 0.717) is 27.4 Å². The Kier molecular flexibility index (Phi) is 4.18. The van der Waals surface area contributed by atoms with Crippen LogP contribution in [0.5, 0.6) is 0 Å². The Labute approximate surface area is 138 Å². The maximum absolute atomic E-state index is 12.9. The Morgan fingerprint density at radius 2 is 2.09 bits per heavy atom. The fourth-order valence-electron chi connectivity index (χ4n) is 2.14. The molecule has 118 valence electrons. The number of benzene rings is 1. The van der Waals surface area contributed by atoms with E-state index in [1.807, 2.05) is 0 Å². The largest absolute Gasteiger partial charge is 0.477 e. The molecular weight excluding hydrogens is 339 g/mol. The third kappa shape index (κ3) is 3.13. The van der Waals surface area contributed by atoms with Gasteiger partial charge < -0.3 is 10.1 Å². The number of fused-ring (bicyclic) bond motifs is 1. The Balaban J connectivity index is 1.92. The summed E-state index contributed by atoms with van der Waals surface area (Å²) in [6.45, 7) is 1.60. The van der Waals surface area contributed by atoms with Gasteiger partial charge in [-0.2, -0.15) is 0 Å². The number of carboxylic acids is 1. The van der Waals surface area contributed by atoms with Gasteiger partial charge in [0, 0.05) is 4.90 Å². The average molecular weight is 350 g/mol. The van der Waals surface area contributed by atoms with Gasteiger partial charge in [-0.3, -0.25) is 4.79 Å². The number of carbonyl (C=O) groups is 1. The van der Waals surface area contributed by atoms with Gasteiger partial charge >= 0.3 is 5.97 Å². The van der Waals surface area contributed by atoms with Gasteiger partial charge in [0.25, 0.3) is 5.56 Å². The lowest BCUT2D eigenvalue weighted by molar-refractivity contribution is 0.0701. The Morgan fingerprint density at radius 3 is 2.74 bits per heavy atom. The average Bonchev–Trinajstić information content (AvgIpc) is 2.84. The second-order valence-corrected chi connectivity index (χ2v) is 6.84. The third-order valence-corrected chi connectivity index (χ3v) is 5.43. The lowest BCUT2D eigenvalue weighted by Gasteiger charge is -2.02. The van der Waals surface area contributed by atoms with Crippen LogP contribution in [0.4, 0.5) is 4.39 Å². The van der Waals surface area contributed by atoms with Crippen molar-refractivity contribution in [2.45, 2.75) is 17.6 Å². The van der Waals surface area contributed by atoms with Crippen molar-refractivity contribution < 1.29 is 14.3 Å². The molecule has 0 saturated carbocycles. The molecule has 0 saturated heterocycles. The van der Waals surface area contributed by atoms with E-state index in [0.717, 1.165) is 16.2 Å². The SMILES string of the molecule is Cc1c(C(=O)O)sc2nc(CSc3ccc(F)cc3)[nH]c(=O)c12. The Hall–Kier alpha value is -2.19. The highest BCUT2D eigenvalue weighted by molar-refractivity contribution is 7.98. The monoisotopic (exact) mass is 350 g/mol. The molecule has 5 nitrogen and oxygen atoms in total. The van der Waals surface area contributed by atoms with Crippen LogP contribution in [0.2, 0.25) is 0 Å². The number of thioether (sulfide) groups is 1. The molecule has 3 aromatic rings. The summed E-state index contributed by atoms with van der Waals surface area (Å²) in [6.07, 6.45) is 0. The molecule has 0 atom stereocenters. The van der Waals surface area contributed by atoms with Gasteiger partial charge in [-0.25, -0.2) is 14.2 Å². The maximum atomic E-state index is 12.9. The van der Waals surface area contributed by atoms with Gasteiger partial charge in [-0.15, -0.1) is 23.1 Å². The fourth-order valence-corrected chi connectivity index (χ4v) is 3.95. The molecule has 1 aromatic carbocycles. The summed E-state index contributed by atoms with van der Waals surface area (Å²) in [7, 11) is 0. The number of hydrogen-bond donors (Lipinski definition) is 2. The van der Waals surface area contributed by atoms with E-state index in [1.54, 1.807) is 19.1 Å². The molecule has 3 rings (SSSR count). The molecule has 8 heteroatoms. The van der Waals surface area contributed by atoms with E-state index in [1.165, 1.54) is 23.9 Å². The standard InChI is InChI=1S/C15H11FN2O3S2/c1-7-11-13(19)17-10(18-14(11)23-12(7)15(20)21)6-22-9-4-2-8(16)3-5-9/h2-5H,6H2,1H3,(H,20,21)(H,17,18,19). The van der Waals surface area contributed by atoms with E-state index >= 15 is 0 Å². The maximum Gasteiger partial charge on any atom is 0.346 e. The van der Waals surface area contributed by atoms with Gasteiger partial charge in [-0.1, -0.05) is 0 Å². The van der Waals surface area contributed by atoms with Crippen molar-refractivity contribution in [1.29, 1.82) is 0 Å². The van der Waals surface area contributed by atoms with Crippen LogP contribution in [0.25, 0.3) is 10.2 Å². The van der Waals surface area contributed by atoms with Crippen molar-refractivity contribution in [1.82, 2.24) is 9.97 Å². The van der Waals surface area contributed by atoms with E-state index < -0.39 is 5.97 Å². The van der Waals surface area contributed by atoms with Crippen LogP contribution >= 0.6 is 23.1 Å². The van der Waals surface area contributed by atoms with Crippen molar-refractivity contribution >= 4 is 39.3 Å². The molecule has 2 heterocycles. The highest BCUT2D eigenvalue weighted by atomic mass is 32.2. The minimum Gasteiger partial charge on any atom is -0.477 e. The predicted molar refractivity (Wildman–Crippen MR) is 87.9 cm³/mol. The normalized spacial score (nSPS) is 11.0. The van der Waals surface area contributed by atoms with Gasteiger partial charge in [0.2, 0.25) is 0 Å². The Bertz CT molecular complexity index is 948. The van der Waals surface area contributed by atoms with Crippen LogP contribution in [0.15, 0.2) is 34.0 Å². The molecule has 0 fully saturated rings. The van der Waals surface area contributed by atoms with Crippen LogP contribution < -0.4 is 5.56 Å². The quantitative estimate of drug-likeness (QED) is 0.705. The number of nitrogens with zero attached hydrogens (tertiary/aromatic N) is 1. The van der Waals surface area contributed by atoms with Gasteiger partial charge in [0.1, 0.15) is 21.3 Å². The zero-order valence-electron chi connectivity index (χ0n) is 11.9. The minimum absolute atomic E-state index is 0.126. The van der Waals surface area contributed by atoms with Gasteiger partial charge in [0.15, 0.2) is 0 Å². The fraction of sp³-hybridized carbons (Fsp3) is 0.133. The van der Waals surface area contributed by atoms with Crippen molar-refractivity contribution in [2.24, 2.45) is 0 Å². The molecular formula is C15H11FN2O3S2. The first-order valence-corrected chi connectivity index (χ1v) is 8.40. The highest BCUT2D eigenvalue weighted by Gasteiger charge is 2.18. The zero-order valence-corrected chi connectivity index (χ0v) is 13.6. The number of H-pyrrole nitrogens is 1. The molecule has 0 bridgehead atoms. The summed E-state index contributed by atoms with van der Waals surface area (Å²) < 4.78 is 12.9. The summed E-state index contributed by atoms with van der Waals surface area (Å²) >= 11 is 2.40. The number of nitrogens with one attached hydrogen (secondary N) is 1.